The molecule has 0 aliphatic carbocycles. The Hall–Kier alpha value is -2.47. The Bertz CT molecular complexity index is 721. The van der Waals surface area contributed by atoms with E-state index in [0.717, 1.165) is 11.1 Å². The number of nitro groups is 1. The molecule has 0 fully saturated rings. The molecule has 6 nitrogen and oxygen atoms in total. The summed E-state index contributed by atoms with van der Waals surface area (Å²) >= 11 is 5.75. The van der Waals surface area contributed by atoms with Crippen LogP contribution in [-0.2, 0) is 0 Å². The zero-order chi connectivity index (χ0) is 15.6. The molecule has 0 spiro atoms. The van der Waals surface area contributed by atoms with Crippen LogP contribution < -0.4 is 5.73 Å². The molecule has 2 aromatic rings. The Morgan fingerprint density at radius 2 is 1.76 bits per heavy atom. The van der Waals surface area contributed by atoms with Crippen LogP contribution in [0.2, 0.25) is 5.02 Å². The van der Waals surface area contributed by atoms with Crippen LogP contribution in [0.3, 0.4) is 0 Å². The Kier molecular flexibility index (Phi) is 4.18. The Morgan fingerprint density at radius 3 is 2.33 bits per heavy atom. The molecule has 0 amide bonds. The highest BCUT2D eigenvalue weighted by Crippen LogP contribution is 2.31. The van der Waals surface area contributed by atoms with Gasteiger partial charge in [0.05, 0.1) is 16.3 Å². The summed E-state index contributed by atoms with van der Waals surface area (Å²) in [5.41, 5.74) is 9.04. The van der Waals surface area contributed by atoms with Gasteiger partial charge >= 0.3 is 0 Å². The molecule has 0 aromatic heterocycles. The van der Waals surface area contributed by atoms with E-state index >= 15 is 0 Å². The summed E-state index contributed by atoms with van der Waals surface area (Å²) in [6.07, 6.45) is 0. The zero-order valence-corrected chi connectivity index (χ0v) is 12.3. The first-order chi connectivity index (χ1) is 9.88. The first-order valence-electron chi connectivity index (χ1n) is 6.11. The van der Waals surface area contributed by atoms with Crippen LogP contribution in [0.5, 0.6) is 0 Å². The normalized spacial score (nSPS) is 11.0. The highest BCUT2D eigenvalue weighted by molar-refractivity contribution is 6.32. The molecule has 0 saturated heterocycles. The topological polar surface area (TPSA) is 93.9 Å². The van der Waals surface area contributed by atoms with Crippen LogP contribution in [0.1, 0.15) is 11.1 Å². The van der Waals surface area contributed by atoms with Gasteiger partial charge < -0.3 is 5.73 Å². The van der Waals surface area contributed by atoms with Crippen LogP contribution in [-0.4, -0.2) is 4.92 Å². The lowest BCUT2D eigenvalue weighted by Gasteiger charge is -2.05. The first-order valence-corrected chi connectivity index (χ1v) is 6.48. The Labute approximate surface area is 126 Å². The molecule has 0 bridgehead atoms. The summed E-state index contributed by atoms with van der Waals surface area (Å²) < 4.78 is 0. The van der Waals surface area contributed by atoms with Crippen molar-refractivity contribution in [2.45, 2.75) is 13.8 Å². The van der Waals surface area contributed by atoms with Gasteiger partial charge in [-0.15, -0.1) is 0 Å². The Morgan fingerprint density at radius 1 is 1.14 bits per heavy atom. The third kappa shape index (κ3) is 3.35. The smallest absolute Gasteiger partial charge is 0.290 e. The van der Waals surface area contributed by atoms with Gasteiger partial charge in [-0.25, -0.2) is 0 Å². The number of hydrogen-bond acceptors (Lipinski definition) is 5. The van der Waals surface area contributed by atoms with Crippen molar-refractivity contribution in [3.8, 4) is 0 Å². The predicted octanol–water partition coefficient (Wildman–Crippen LogP) is 4.86. The van der Waals surface area contributed by atoms with E-state index in [1.807, 2.05) is 13.8 Å². The number of halogens is 1. The number of nitrogen functional groups attached to an aromatic ring is 1. The minimum Gasteiger partial charge on any atom is -0.399 e. The molecular formula is C14H13ClN4O2. The van der Waals surface area contributed by atoms with Gasteiger partial charge in [0, 0.05) is 11.8 Å². The fourth-order valence-corrected chi connectivity index (χ4v) is 2.14. The van der Waals surface area contributed by atoms with E-state index in [1.165, 1.54) is 12.1 Å². The van der Waals surface area contributed by atoms with E-state index in [9.17, 15) is 10.1 Å². The number of rotatable bonds is 3. The molecule has 2 aromatic carbocycles. The molecule has 0 radical (unpaired) electrons. The number of hydrogen-bond donors (Lipinski definition) is 1. The van der Waals surface area contributed by atoms with E-state index in [4.69, 9.17) is 17.3 Å². The highest BCUT2D eigenvalue weighted by Gasteiger charge is 2.12. The van der Waals surface area contributed by atoms with Gasteiger partial charge in [0.25, 0.3) is 5.69 Å². The van der Waals surface area contributed by atoms with Gasteiger partial charge in [0.2, 0.25) is 0 Å². The molecule has 7 heteroatoms. The maximum absolute atomic E-state index is 10.8. The summed E-state index contributed by atoms with van der Waals surface area (Å²) in [7, 11) is 0. The van der Waals surface area contributed by atoms with E-state index in [-0.39, 0.29) is 10.7 Å². The van der Waals surface area contributed by atoms with Crippen LogP contribution in [0, 0.1) is 24.0 Å². The number of aryl methyl sites for hydroxylation is 2. The van der Waals surface area contributed by atoms with Gasteiger partial charge in [0.15, 0.2) is 0 Å². The van der Waals surface area contributed by atoms with Gasteiger partial charge in [-0.05, 0) is 49.2 Å². The lowest BCUT2D eigenvalue weighted by atomic mass is 10.1. The van der Waals surface area contributed by atoms with Gasteiger partial charge in [-0.1, -0.05) is 11.6 Å². The summed E-state index contributed by atoms with van der Waals surface area (Å²) in [5.74, 6) is 0. The molecule has 21 heavy (non-hydrogen) atoms. The van der Waals surface area contributed by atoms with Crippen molar-refractivity contribution in [3.63, 3.8) is 0 Å². The largest absolute Gasteiger partial charge is 0.399 e. The number of nitrogens with two attached hydrogens (primary N) is 1. The second-order valence-electron chi connectivity index (χ2n) is 4.60. The SMILES string of the molecule is Cc1cc(N)cc(C)c1N=Nc1ccc(Cl)c([N+](=O)[O-])c1. The molecule has 2 rings (SSSR count). The monoisotopic (exact) mass is 304 g/mol. The van der Waals surface area contributed by atoms with Crippen molar-refractivity contribution in [1.82, 2.24) is 0 Å². The van der Waals surface area contributed by atoms with Crippen LogP contribution in [0.25, 0.3) is 0 Å². The molecule has 0 aliphatic rings. The van der Waals surface area contributed by atoms with E-state index < -0.39 is 4.92 Å². The van der Waals surface area contributed by atoms with Crippen molar-refractivity contribution in [3.05, 3.63) is 56.6 Å². The van der Waals surface area contributed by atoms with E-state index in [2.05, 4.69) is 10.2 Å². The number of nitrogens with zero attached hydrogens (tertiary/aromatic N) is 3. The maximum Gasteiger partial charge on any atom is 0.290 e. The van der Waals surface area contributed by atoms with Crippen molar-refractivity contribution in [2.75, 3.05) is 5.73 Å². The molecule has 0 unspecified atom stereocenters. The number of anilines is 1. The molecule has 0 heterocycles. The lowest BCUT2D eigenvalue weighted by molar-refractivity contribution is -0.384. The Balaban J connectivity index is 2.39. The summed E-state index contributed by atoms with van der Waals surface area (Å²) in [5, 5.41) is 19.1. The summed E-state index contributed by atoms with van der Waals surface area (Å²) in [6.45, 7) is 3.75. The van der Waals surface area contributed by atoms with Gasteiger partial charge in [-0.3, -0.25) is 10.1 Å². The average molecular weight is 305 g/mol. The second-order valence-corrected chi connectivity index (χ2v) is 5.00. The molecule has 0 atom stereocenters. The quantitative estimate of drug-likeness (QED) is 0.379. The third-order valence-corrected chi connectivity index (χ3v) is 3.22. The van der Waals surface area contributed by atoms with Crippen LogP contribution in [0.4, 0.5) is 22.7 Å². The number of benzene rings is 2. The average Bonchev–Trinajstić information content (AvgIpc) is 2.38. The van der Waals surface area contributed by atoms with Crippen LogP contribution >= 0.6 is 11.6 Å². The molecular weight excluding hydrogens is 292 g/mol. The third-order valence-electron chi connectivity index (χ3n) is 2.91. The van der Waals surface area contributed by atoms with Crippen molar-refractivity contribution < 1.29 is 4.92 Å². The molecule has 108 valence electrons. The molecule has 2 N–H and O–H groups in total. The number of nitro benzene ring substituents is 1. The first kappa shape index (κ1) is 14.9. The van der Waals surface area contributed by atoms with Crippen molar-refractivity contribution >= 4 is 34.4 Å². The molecule has 0 saturated carbocycles. The fourth-order valence-electron chi connectivity index (χ4n) is 1.96. The predicted molar refractivity (Wildman–Crippen MR) is 82.6 cm³/mol. The zero-order valence-electron chi connectivity index (χ0n) is 11.5. The van der Waals surface area contributed by atoms with Crippen LogP contribution in [0.15, 0.2) is 40.6 Å². The lowest BCUT2D eigenvalue weighted by Crippen LogP contribution is -1.89. The van der Waals surface area contributed by atoms with Crippen molar-refractivity contribution in [1.29, 1.82) is 0 Å². The minimum absolute atomic E-state index is 0.0683. The summed E-state index contributed by atoms with van der Waals surface area (Å²) in [6, 6.07) is 7.88. The molecule has 0 aliphatic heterocycles. The van der Waals surface area contributed by atoms with E-state index in [0.29, 0.717) is 17.1 Å². The minimum atomic E-state index is -0.554. The number of azo groups is 1. The second kappa shape index (κ2) is 5.88. The standard InChI is InChI=1S/C14H13ClN4O2/c1-8-5-10(16)6-9(2)14(8)18-17-11-3-4-12(15)13(7-11)19(20)21/h3-7H,16H2,1-2H3. The van der Waals surface area contributed by atoms with Crippen molar-refractivity contribution in [2.24, 2.45) is 10.2 Å². The highest BCUT2D eigenvalue weighted by atomic mass is 35.5. The van der Waals surface area contributed by atoms with E-state index in [1.54, 1.807) is 18.2 Å². The summed E-state index contributed by atoms with van der Waals surface area (Å²) in [4.78, 5) is 10.3. The van der Waals surface area contributed by atoms with Gasteiger partial charge in [0.1, 0.15) is 5.02 Å². The fraction of sp³-hybridized carbons (Fsp3) is 0.143. The maximum atomic E-state index is 10.8. The van der Waals surface area contributed by atoms with Gasteiger partial charge in [-0.2, -0.15) is 10.2 Å².